The van der Waals surface area contributed by atoms with Gasteiger partial charge in [-0.1, -0.05) is 24.7 Å². The zero-order valence-electron chi connectivity index (χ0n) is 6.93. The van der Waals surface area contributed by atoms with Crippen LogP contribution in [0.4, 0.5) is 5.69 Å². The molecule has 5 heteroatoms. The molecule has 0 aromatic heterocycles. The molecule has 0 unspecified atom stereocenters. The second-order valence-corrected chi connectivity index (χ2v) is 2.44. The largest absolute Gasteiger partial charge is 0.478 e. The molecule has 0 atom stereocenters. The Labute approximate surface area is 81.6 Å². The summed E-state index contributed by atoms with van der Waals surface area (Å²) in [6, 6.07) is 4.58. The van der Waals surface area contributed by atoms with E-state index in [1.165, 1.54) is 6.07 Å². The predicted octanol–water partition coefficient (Wildman–Crippen LogP) is 3.27. The molecule has 0 saturated carbocycles. The summed E-state index contributed by atoms with van der Waals surface area (Å²) < 4.78 is 0. The van der Waals surface area contributed by atoms with E-state index in [0.717, 1.165) is 0 Å². The maximum Gasteiger partial charge on any atom is 0.335 e. The third kappa shape index (κ3) is 2.24. The Balaban J connectivity index is 0.00000169. The topological polar surface area (TPSA) is 86.1 Å². The van der Waals surface area contributed by atoms with Gasteiger partial charge < -0.3 is 5.11 Å². The van der Waals surface area contributed by atoms with Crippen LogP contribution in [0.2, 0.25) is 0 Å². The Morgan fingerprint density at radius 2 is 2.21 bits per heavy atom. The Morgan fingerprint density at radius 3 is 2.71 bits per heavy atom. The van der Waals surface area contributed by atoms with Crippen molar-refractivity contribution in [2.75, 3.05) is 0 Å². The van der Waals surface area contributed by atoms with E-state index in [0.29, 0.717) is 11.3 Å². The van der Waals surface area contributed by atoms with Gasteiger partial charge in [-0.15, -0.1) is 0 Å². The summed E-state index contributed by atoms with van der Waals surface area (Å²) in [5.41, 5.74) is 9.17. The smallest absolute Gasteiger partial charge is 0.335 e. The van der Waals surface area contributed by atoms with Crippen LogP contribution in [0.15, 0.2) is 23.3 Å². The Hall–Kier alpha value is -2.00. The SMILES string of the molecule is C.Cc1c(N=[N+]=[N-])cccc1C(=O)O. The molecule has 1 aromatic rings. The molecule has 14 heavy (non-hydrogen) atoms. The molecule has 0 saturated heterocycles. The van der Waals surface area contributed by atoms with E-state index >= 15 is 0 Å². The van der Waals surface area contributed by atoms with Gasteiger partial charge in [0.05, 0.1) is 5.56 Å². The molecule has 1 rings (SSSR count). The first kappa shape index (κ1) is 12.0. The Kier molecular flexibility index (Phi) is 4.19. The second kappa shape index (κ2) is 4.89. The Bertz CT molecular complexity index is 375. The molecule has 0 aliphatic heterocycles. The highest BCUT2D eigenvalue weighted by Crippen LogP contribution is 2.21. The van der Waals surface area contributed by atoms with Crippen molar-refractivity contribution in [2.24, 2.45) is 5.11 Å². The van der Waals surface area contributed by atoms with Crippen LogP contribution in [0.1, 0.15) is 23.3 Å². The summed E-state index contributed by atoms with van der Waals surface area (Å²) in [7, 11) is 0. The van der Waals surface area contributed by atoms with E-state index in [2.05, 4.69) is 10.0 Å². The van der Waals surface area contributed by atoms with Crippen LogP contribution in [-0.4, -0.2) is 11.1 Å². The van der Waals surface area contributed by atoms with Crippen molar-refractivity contribution in [2.45, 2.75) is 14.4 Å². The first-order valence-corrected chi connectivity index (χ1v) is 3.55. The van der Waals surface area contributed by atoms with Gasteiger partial charge in [-0.05, 0) is 24.1 Å². The summed E-state index contributed by atoms with van der Waals surface area (Å²) in [4.78, 5) is 13.2. The molecule has 0 bridgehead atoms. The Morgan fingerprint density at radius 1 is 1.57 bits per heavy atom. The van der Waals surface area contributed by atoms with Crippen molar-refractivity contribution in [3.8, 4) is 0 Å². The van der Waals surface area contributed by atoms with Crippen LogP contribution in [0.25, 0.3) is 10.4 Å². The van der Waals surface area contributed by atoms with Crippen molar-refractivity contribution in [1.29, 1.82) is 0 Å². The summed E-state index contributed by atoms with van der Waals surface area (Å²) in [5, 5.41) is 12.1. The maximum atomic E-state index is 10.6. The molecule has 0 aliphatic carbocycles. The fourth-order valence-corrected chi connectivity index (χ4v) is 1.01. The van der Waals surface area contributed by atoms with Crippen molar-refractivity contribution in [1.82, 2.24) is 0 Å². The zero-order valence-corrected chi connectivity index (χ0v) is 6.93. The number of aromatic carboxylic acids is 1. The van der Waals surface area contributed by atoms with Crippen molar-refractivity contribution >= 4 is 11.7 Å². The van der Waals surface area contributed by atoms with Crippen LogP contribution in [-0.2, 0) is 0 Å². The lowest BCUT2D eigenvalue weighted by Gasteiger charge is -2.02. The minimum Gasteiger partial charge on any atom is -0.478 e. The quantitative estimate of drug-likeness (QED) is 0.444. The number of carboxylic acids is 1. The molecule has 0 amide bonds. The van der Waals surface area contributed by atoms with Gasteiger partial charge >= 0.3 is 5.97 Å². The maximum absolute atomic E-state index is 10.6. The third-order valence-electron chi connectivity index (χ3n) is 1.69. The molecule has 1 N–H and O–H groups in total. The van der Waals surface area contributed by atoms with Crippen LogP contribution in [0, 0.1) is 6.92 Å². The van der Waals surface area contributed by atoms with E-state index in [1.54, 1.807) is 19.1 Å². The number of hydrogen-bond donors (Lipinski definition) is 1. The molecule has 0 radical (unpaired) electrons. The number of azide groups is 1. The fraction of sp³-hybridized carbons (Fsp3) is 0.222. The highest BCUT2D eigenvalue weighted by molar-refractivity contribution is 5.90. The number of hydrogen-bond acceptors (Lipinski definition) is 2. The lowest BCUT2D eigenvalue weighted by Crippen LogP contribution is -1.98. The molecule has 1 aromatic carbocycles. The summed E-state index contributed by atoms with van der Waals surface area (Å²) >= 11 is 0. The molecule has 5 nitrogen and oxygen atoms in total. The van der Waals surface area contributed by atoms with Gasteiger partial charge in [-0.3, -0.25) is 0 Å². The van der Waals surface area contributed by atoms with E-state index in [4.69, 9.17) is 10.6 Å². The summed E-state index contributed by atoms with van der Waals surface area (Å²) in [6.07, 6.45) is 0. The van der Waals surface area contributed by atoms with Gasteiger partial charge in [-0.2, -0.15) is 0 Å². The van der Waals surface area contributed by atoms with Gasteiger partial charge in [0.25, 0.3) is 0 Å². The standard InChI is InChI=1S/C8H7N3O2.CH4/c1-5-6(8(12)13)3-2-4-7(5)10-11-9;/h2-4H,1H3,(H,12,13);1H4. The molecular formula is C9H11N3O2. The zero-order chi connectivity index (χ0) is 9.84. The number of rotatable bonds is 2. The third-order valence-corrected chi connectivity index (χ3v) is 1.69. The average molecular weight is 193 g/mol. The van der Waals surface area contributed by atoms with Gasteiger partial charge in [0.2, 0.25) is 0 Å². The molecule has 0 aliphatic rings. The summed E-state index contributed by atoms with van der Waals surface area (Å²) in [6.45, 7) is 1.60. The number of carbonyl (C=O) groups is 1. The van der Waals surface area contributed by atoms with E-state index in [9.17, 15) is 4.79 Å². The highest BCUT2D eigenvalue weighted by atomic mass is 16.4. The molecule has 74 valence electrons. The van der Waals surface area contributed by atoms with Crippen LogP contribution < -0.4 is 0 Å². The van der Waals surface area contributed by atoms with Crippen molar-refractivity contribution < 1.29 is 9.90 Å². The van der Waals surface area contributed by atoms with Gasteiger partial charge in [0.1, 0.15) is 0 Å². The van der Waals surface area contributed by atoms with Crippen molar-refractivity contribution in [3.63, 3.8) is 0 Å². The first-order valence-electron chi connectivity index (χ1n) is 3.55. The summed E-state index contributed by atoms with van der Waals surface area (Å²) in [5.74, 6) is -1.02. The van der Waals surface area contributed by atoms with Crippen LogP contribution in [0.3, 0.4) is 0 Å². The monoisotopic (exact) mass is 193 g/mol. The van der Waals surface area contributed by atoms with Crippen LogP contribution in [0.5, 0.6) is 0 Å². The second-order valence-electron chi connectivity index (χ2n) is 2.44. The van der Waals surface area contributed by atoms with Gasteiger partial charge in [0.15, 0.2) is 0 Å². The molecule has 0 heterocycles. The number of nitrogens with zero attached hydrogens (tertiary/aromatic N) is 3. The van der Waals surface area contributed by atoms with Crippen LogP contribution >= 0.6 is 0 Å². The normalized spacial score (nSPS) is 8.36. The van der Waals surface area contributed by atoms with E-state index < -0.39 is 5.97 Å². The lowest BCUT2D eigenvalue weighted by atomic mass is 10.1. The van der Waals surface area contributed by atoms with Gasteiger partial charge in [-0.25, -0.2) is 4.79 Å². The minimum absolute atomic E-state index is 0. The molecule has 0 spiro atoms. The molecule has 0 fully saturated rings. The fourth-order valence-electron chi connectivity index (χ4n) is 1.01. The van der Waals surface area contributed by atoms with Gasteiger partial charge in [0, 0.05) is 10.6 Å². The minimum atomic E-state index is -1.02. The van der Waals surface area contributed by atoms with E-state index in [1.807, 2.05) is 0 Å². The van der Waals surface area contributed by atoms with Crippen molar-refractivity contribution in [3.05, 3.63) is 39.8 Å². The van der Waals surface area contributed by atoms with E-state index in [-0.39, 0.29) is 13.0 Å². The lowest BCUT2D eigenvalue weighted by molar-refractivity contribution is 0.0696. The number of benzene rings is 1. The highest BCUT2D eigenvalue weighted by Gasteiger charge is 2.08. The average Bonchev–Trinajstić information content (AvgIpc) is 2.08. The predicted molar refractivity (Wildman–Crippen MR) is 53.7 cm³/mol. The molecular weight excluding hydrogens is 182 g/mol. The first-order chi connectivity index (χ1) is 6.16. The number of carboxylic acid groups (broad SMARTS) is 1.